The zero-order chi connectivity index (χ0) is 13.6. The van der Waals surface area contributed by atoms with Crippen LogP contribution in [0, 0.1) is 0 Å². The summed E-state index contributed by atoms with van der Waals surface area (Å²) in [5.41, 5.74) is 0. The number of hydrogen-bond acceptors (Lipinski definition) is 3. The molecule has 1 unspecified atom stereocenters. The van der Waals surface area contributed by atoms with Crippen molar-refractivity contribution < 1.29 is 9.47 Å². The minimum Gasteiger partial charge on any atom is -0.489 e. The maximum absolute atomic E-state index is 5.94. The van der Waals surface area contributed by atoms with Gasteiger partial charge in [0.25, 0.3) is 0 Å². The highest BCUT2D eigenvalue weighted by Gasteiger charge is 2.14. The Hall–Kier alpha value is -2.00. The minimum absolute atomic E-state index is 0.282. The van der Waals surface area contributed by atoms with Gasteiger partial charge in [-0.25, -0.2) is 0 Å². The average molecular weight is 269 g/mol. The Bertz CT molecular complexity index is 518. The van der Waals surface area contributed by atoms with Crippen LogP contribution in [0.5, 0.6) is 17.2 Å². The minimum atomic E-state index is 0.282. The van der Waals surface area contributed by atoms with Crippen molar-refractivity contribution in [1.29, 1.82) is 0 Å². The summed E-state index contributed by atoms with van der Waals surface area (Å²) in [6, 6.07) is 17.6. The van der Waals surface area contributed by atoms with Crippen LogP contribution in [0.15, 0.2) is 54.6 Å². The molecule has 104 valence electrons. The number of hydrogen-bond donors (Lipinski definition) is 1. The molecule has 1 aliphatic rings. The molecular weight excluding hydrogens is 250 g/mol. The Morgan fingerprint density at radius 1 is 0.850 bits per heavy atom. The number of rotatable bonds is 4. The lowest BCUT2D eigenvalue weighted by molar-refractivity contribution is 0.167. The summed E-state index contributed by atoms with van der Waals surface area (Å²) in [6.07, 6.45) is 2.58. The Morgan fingerprint density at radius 3 is 2.25 bits per heavy atom. The first-order valence-electron chi connectivity index (χ1n) is 7.10. The van der Waals surface area contributed by atoms with Crippen LogP contribution in [0.1, 0.15) is 12.8 Å². The average Bonchev–Trinajstić information content (AvgIpc) is 2.51. The first-order valence-corrected chi connectivity index (χ1v) is 7.10. The largest absolute Gasteiger partial charge is 0.489 e. The third-order valence-electron chi connectivity index (χ3n) is 3.36. The summed E-state index contributed by atoms with van der Waals surface area (Å²) in [6.45, 7) is 2.03. The summed E-state index contributed by atoms with van der Waals surface area (Å²) >= 11 is 0. The van der Waals surface area contributed by atoms with Crippen LogP contribution in [-0.4, -0.2) is 19.2 Å². The quantitative estimate of drug-likeness (QED) is 0.919. The topological polar surface area (TPSA) is 30.5 Å². The van der Waals surface area contributed by atoms with E-state index in [4.69, 9.17) is 9.47 Å². The van der Waals surface area contributed by atoms with Crippen LogP contribution in [0.2, 0.25) is 0 Å². The molecule has 3 heteroatoms. The summed E-state index contributed by atoms with van der Waals surface area (Å²) in [7, 11) is 0. The molecular formula is C17H19NO2. The van der Waals surface area contributed by atoms with E-state index < -0.39 is 0 Å². The van der Waals surface area contributed by atoms with E-state index in [1.165, 1.54) is 6.42 Å². The highest BCUT2D eigenvalue weighted by atomic mass is 16.5. The summed E-state index contributed by atoms with van der Waals surface area (Å²) in [5.74, 6) is 2.57. The molecule has 20 heavy (non-hydrogen) atoms. The van der Waals surface area contributed by atoms with Gasteiger partial charge in [-0.15, -0.1) is 0 Å². The lowest BCUT2D eigenvalue weighted by atomic mass is 10.1. The van der Waals surface area contributed by atoms with Crippen molar-refractivity contribution in [2.75, 3.05) is 13.1 Å². The number of benzene rings is 2. The van der Waals surface area contributed by atoms with Gasteiger partial charge in [0.15, 0.2) is 0 Å². The molecule has 2 aromatic carbocycles. The first-order chi connectivity index (χ1) is 9.90. The lowest BCUT2D eigenvalue weighted by Crippen LogP contribution is -2.37. The molecule has 0 radical (unpaired) electrons. The second kappa shape index (κ2) is 6.44. The van der Waals surface area contributed by atoms with Gasteiger partial charge in [0.1, 0.15) is 23.4 Å². The zero-order valence-electron chi connectivity index (χ0n) is 11.4. The Kier molecular flexibility index (Phi) is 4.19. The van der Waals surface area contributed by atoms with E-state index in [-0.39, 0.29) is 6.10 Å². The van der Waals surface area contributed by atoms with Crippen LogP contribution in [0.25, 0.3) is 0 Å². The molecule has 0 spiro atoms. The van der Waals surface area contributed by atoms with E-state index in [1.54, 1.807) is 0 Å². The van der Waals surface area contributed by atoms with Gasteiger partial charge in [0.05, 0.1) is 0 Å². The molecule has 1 saturated heterocycles. The van der Waals surface area contributed by atoms with Gasteiger partial charge in [-0.1, -0.05) is 18.2 Å². The first kappa shape index (κ1) is 13.0. The van der Waals surface area contributed by atoms with E-state index in [9.17, 15) is 0 Å². The van der Waals surface area contributed by atoms with Crippen molar-refractivity contribution in [3.63, 3.8) is 0 Å². The fraction of sp³-hybridized carbons (Fsp3) is 0.294. The predicted octanol–water partition coefficient (Wildman–Crippen LogP) is 3.61. The maximum atomic E-state index is 5.94. The van der Waals surface area contributed by atoms with E-state index >= 15 is 0 Å². The molecule has 3 nitrogen and oxygen atoms in total. The molecule has 3 rings (SSSR count). The molecule has 0 aromatic heterocycles. The lowest BCUT2D eigenvalue weighted by Gasteiger charge is -2.23. The number of ether oxygens (including phenoxy) is 2. The van der Waals surface area contributed by atoms with E-state index in [2.05, 4.69) is 5.32 Å². The van der Waals surface area contributed by atoms with Crippen molar-refractivity contribution in [2.45, 2.75) is 18.9 Å². The molecule has 1 aliphatic heterocycles. The molecule has 0 amide bonds. The Morgan fingerprint density at radius 2 is 1.55 bits per heavy atom. The molecule has 1 atom stereocenters. The van der Waals surface area contributed by atoms with Gasteiger partial charge in [-0.05, 0) is 55.8 Å². The third-order valence-corrected chi connectivity index (χ3v) is 3.36. The van der Waals surface area contributed by atoms with E-state index in [0.29, 0.717) is 0 Å². The third kappa shape index (κ3) is 3.52. The van der Waals surface area contributed by atoms with Gasteiger partial charge in [-0.2, -0.15) is 0 Å². The number of nitrogens with one attached hydrogen (secondary N) is 1. The molecule has 1 fully saturated rings. The van der Waals surface area contributed by atoms with Crippen LogP contribution < -0.4 is 14.8 Å². The molecule has 0 aliphatic carbocycles. The smallest absolute Gasteiger partial charge is 0.127 e. The highest BCUT2D eigenvalue weighted by Crippen LogP contribution is 2.24. The molecule has 0 bridgehead atoms. The number of piperidine rings is 1. The normalized spacial score (nSPS) is 18.5. The highest BCUT2D eigenvalue weighted by molar-refractivity contribution is 5.35. The van der Waals surface area contributed by atoms with Crippen molar-refractivity contribution in [3.05, 3.63) is 54.6 Å². The maximum Gasteiger partial charge on any atom is 0.127 e. The Labute approximate surface area is 119 Å². The number of para-hydroxylation sites is 1. The van der Waals surface area contributed by atoms with Crippen LogP contribution in [-0.2, 0) is 0 Å². The zero-order valence-corrected chi connectivity index (χ0v) is 11.4. The molecule has 1 N–H and O–H groups in total. The van der Waals surface area contributed by atoms with Crippen molar-refractivity contribution >= 4 is 0 Å². The van der Waals surface area contributed by atoms with Crippen LogP contribution in [0.3, 0.4) is 0 Å². The van der Waals surface area contributed by atoms with Crippen LogP contribution in [0.4, 0.5) is 0 Å². The SMILES string of the molecule is c1ccc(Oc2ccc(OC3CCCNC3)cc2)cc1. The van der Waals surface area contributed by atoms with E-state index in [0.717, 1.165) is 36.8 Å². The van der Waals surface area contributed by atoms with Gasteiger partial charge >= 0.3 is 0 Å². The summed E-state index contributed by atoms with van der Waals surface area (Å²) in [5, 5.41) is 3.35. The molecule has 0 saturated carbocycles. The van der Waals surface area contributed by atoms with Crippen LogP contribution >= 0.6 is 0 Å². The van der Waals surface area contributed by atoms with Crippen molar-refractivity contribution in [2.24, 2.45) is 0 Å². The molecule has 2 aromatic rings. The summed E-state index contributed by atoms with van der Waals surface area (Å²) in [4.78, 5) is 0. The van der Waals surface area contributed by atoms with Gasteiger partial charge in [0, 0.05) is 6.54 Å². The fourth-order valence-electron chi connectivity index (χ4n) is 2.32. The fourth-order valence-corrected chi connectivity index (χ4v) is 2.32. The standard InChI is InChI=1S/C17H19NO2/c1-2-5-14(6-3-1)19-15-8-10-16(11-9-15)20-17-7-4-12-18-13-17/h1-3,5-6,8-11,17-18H,4,7,12-13H2. The molecule has 1 heterocycles. The van der Waals surface area contributed by atoms with Gasteiger partial charge < -0.3 is 14.8 Å². The summed E-state index contributed by atoms with van der Waals surface area (Å²) < 4.78 is 11.7. The van der Waals surface area contributed by atoms with Gasteiger partial charge in [-0.3, -0.25) is 0 Å². The second-order valence-electron chi connectivity index (χ2n) is 4.97. The predicted molar refractivity (Wildman–Crippen MR) is 79.5 cm³/mol. The van der Waals surface area contributed by atoms with E-state index in [1.807, 2.05) is 54.6 Å². The van der Waals surface area contributed by atoms with Crippen molar-refractivity contribution in [1.82, 2.24) is 5.32 Å². The Balaban J connectivity index is 1.59. The second-order valence-corrected chi connectivity index (χ2v) is 4.97. The van der Waals surface area contributed by atoms with Gasteiger partial charge in [0.2, 0.25) is 0 Å². The monoisotopic (exact) mass is 269 g/mol. The van der Waals surface area contributed by atoms with Crippen molar-refractivity contribution in [3.8, 4) is 17.2 Å².